The third-order valence-corrected chi connectivity index (χ3v) is 6.64. The van der Waals surface area contributed by atoms with Gasteiger partial charge in [0.1, 0.15) is 30.0 Å². The van der Waals surface area contributed by atoms with Crippen molar-refractivity contribution >= 4 is 21.5 Å². The lowest BCUT2D eigenvalue weighted by Gasteiger charge is -2.24. The van der Waals surface area contributed by atoms with Crippen LogP contribution in [0.25, 0.3) is 21.5 Å². The highest BCUT2D eigenvalue weighted by Crippen LogP contribution is 2.42. The highest BCUT2D eigenvalue weighted by molar-refractivity contribution is 6.10. The number of fused-ring (bicyclic) bond motifs is 2. The summed E-state index contributed by atoms with van der Waals surface area (Å²) in [5.74, 6) is 0.264. The maximum atomic E-state index is 13.9. The lowest BCUT2D eigenvalue weighted by atomic mass is 10.0. The summed E-state index contributed by atoms with van der Waals surface area (Å²) in [5, 5.41) is 13.2. The van der Waals surface area contributed by atoms with Crippen molar-refractivity contribution in [2.45, 2.75) is 64.4 Å². The minimum absolute atomic E-state index is 0.0350. The summed E-state index contributed by atoms with van der Waals surface area (Å²) in [6.45, 7) is 8.96. The van der Waals surface area contributed by atoms with Crippen molar-refractivity contribution in [3.63, 3.8) is 0 Å². The van der Waals surface area contributed by atoms with E-state index < -0.39 is 5.82 Å². The second-order valence-electron chi connectivity index (χ2n) is 9.27. The van der Waals surface area contributed by atoms with E-state index in [1.165, 1.54) is 12.1 Å². The van der Waals surface area contributed by atoms with Gasteiger partial charge in [-0.3, -0.25) is 0 Å². The molecule has 4 unspecified atom stereocenters. The second kappa shape index (κ2) is 12.7. The van der Waals surface area contributed by atoms with Crippen LogP contribution in [0.5, 0.6) is 11.5 Å². The molecule has 1 aliphatic rings. The van der Waals surface area contributed by atoms with Crippen LogP contribution in [0.1, 0.15) is 40.0 Å². The van der Waals surface area contributed by atoms with Crippen molar-refractivity contribution in [1.29, 1.82) is 0 Å². The van der Waals surface area contributed by atoms with Crippen LogP contribution in [0.2, 0.25) is 0 Å². The zero-order valence-electron chi connectivity index (χ0n) is 21.4. The summed E-state index contributed by atoms with van der Waals surface area (Å²) in [7, 11) is 0. The predicted octanol–water partition coefficient (Wildman–Crippen LogP) is 6.00. The van der Waals surface area contributed by atoms with E-state index in [2.05, 4.69) is 20.8 Å². The number of epoxide rings is 1. The van der Waals surface area contributed by atoms with E-state index in [1.807, 2.05) is 24.3 Å². The molecule has 0 bridgehead atoms. The monoisotopic (exact) mass is 500 g/mol. The van der Waals surface area contributed by atoms with Crippen molar-refractivity contribution in [2.75, 3.05) is 33.0 Å². The molecule has 1 heterocycles. The Balaban J connectivity index is 1.38. The van der Waals surface area contributed by atoms with Crippen molar-refractivity contribution < 1.29 is 33.2 Å². The first-order valence-corrected chi connectivity index (χ1v) is 13.0. The van der Waals surface area contributed by atoms with Gasteiger partial charge in [-0.2, -0.15) is 0 Å². The molecule has 0 spiro atoms. The number of aromatic hydroxyl groups is 1. The highest BCUT2D eigenvalue weighted by Gasteiger charge is 2.24. The number of hydrogen-bond acceptors (Lipinski definition) is 6. The summed E-state index contributed by atoms with van der Waals surface area (Å²) in [6.07, 6.45) is 2.60. The molecule has 1 N–H and O–H groups in total. The normalized spacial score (nSPS) is 17.8. The fourth-order valence-corrected chi connectivity index (χ4v) is 4.17. The van der Waals surface area contributed by atoms with E-state index in [0.29, 0.717) is 48.3 Å². The summed E-state index contributed by atoms with van der Waals surface area (Å²) in [4.78, 5) is 0. The molecule has 196 valence electrons. The van der Waals surface area contributed by atoms with Crippen LogP contribution in [0, 0.1) is 5.82 Å². The predicted molar refractivity (Wildman–Crippen MR) is 138 cm³/mol. The smallest absolute Gasteiger partial charge is 0.135 e. The molecule has 0 aliphatic carbocycles. The molecule has 1 saturated heterocycles. The quantitative estimate of drug-likeness (QED) is 0.204. The van der Waals surface area contributed by atoms with Gasteiger partial charge < -0.3 is 28.8 Å². The number of benzene rings is 3. The Hall–Kier alpha value is -2.45. The number of halogens is 1. The number of rotatable bonds is 15. The van der Waals surface area contributed by atoms with Crippen LogP contribution in [-0.4, -0.2) is 62.6 Å². The molecule has 6 nitrogen and oxygen atoms in total. The molecule has 3 aromatic carbocycles. The molecule has 36 heavy (non-hydrogen) atoms. The molecular weight excluding hydrogens is 463 g/mol. The third-order valence-electron chi connectivity index (χ3n) is 6.64. The summed E-state index contributed by atoms with van der Waals surface area (Å²) >= 11 is 0. The van der Waals surface area contributed by atoms with E-state index in [0.717, 1.165) is 31.3 Å². The molecule has 0 saturated carbocycles. The lowest BCUT2D eigenvalue weighted by molar-refractivity contribution is -0.0886. The number of hydrogen-bond donors (Lipinski definition) is 1. The molecule has 1 fully saturated rings. The first-order chi connectivity index (χ1) is 17.5. The molecule has 1 aliphatic heterocycles. The zero-order valence-corrected chi connectivity index (χ0v) is 21.4. The van der Waals surface area contributed by atoms with Crippen LogP contribution in [0.3, 0.4) is 0 Å². The van der Waals surface area contributed by atoms with Crippen LogP contribution in [0.15, 0.2) is 42.5 Å². The van der Waals surface area contributed by atoms with Crippen molar-refractivity contribution in [3.05, 3.63) is 48.3 Å². The second-order valence-corrected chi connectivity index (χ2v) is 9.27. The van der Waals surface area contributed by atoms with Gasteiger partial charge in [-0.15, -0.1) is 0 Å². The maximum absolute atomic E-state index is 13.9. The van der Waals surface area contributed by atoms with Crippen LogP contribution >= 0.6 is 0 Å². The first kappa shape index (κ1) is 26.6. The van der Waals surface area contributed by atoms with Crippen molar-refractivity contribution in [1.82, 2.24) is 0 Å². The fraction of sp³-hybridized carbons (Fsp3) is 0.517. The van der Waals surface area contributed by atoms with Gasteiger partial charge in [0.2, 0.25) is 0 Å². The maximum Gasteiger partial charge on any atom is 0.135 e. The van der Waals surface area contributed by atoms with Crippen molar-refractivity contribution in [2.24, 2.45) is 0 Å². The van der Waals surface area contributed by atoms with Crippen LogP contribution in [0.4, 0.5) is 4.39 Å². The van der Waals surface area contributed by atoms with Gasteiger partial charge in [-0.05, 0) is 37.5 Å². The Morgan fingerprint density at radius 3 is 2.06 bits per heavy atom. The Kier molecular flexibility index (Phi) is 9.37. The average molecular weight is 501 g/mol. The van der Waals surface area contributed by atoms with Gasteiger partial charge in [0, 0.05) is 21.5 Å². The van der Waals surface area contributed by atoms with Gasteiger partial charge in [0.15, 0.2) is 0 Å². The van der Waals surface area contributed by atoms with E-state index >= 15 is 0 Å². The van der Waals surface area contributed by atoms with Crippen LogP contribution in [-0.2, 0) is 18.9 Å². The first-order valence-electron chi connectivity index (χ1n) is 13.0. The SMILES string of the molecule is CCC(COc1c2ccccc2c(O)c2cc(F)ccc12)OCC(CC)OCC(CC)OCC1CO1. The van der Waals surface area contributed by atoms with Gasteiger partial charge >= 0.3 is 0 Å². The summed E-state index contributed by atoms with van der Waals surface area (Å²) < 4.78 is 43.6. The minimum Gasteiger partial charge on any atom is -0.507 e. The van der Waals surface area contributed by atoms with Gasteiger partial charge in [0.05, 0.1) is 44.7 Å². The molecule has 4 rings (SSSR count). The van der Waals surface area contributed by atoms with E-state index in [-0.39, 0.29) is 30.2 Å². The molecule has 0 radical (unpaired) electrons. The van der Waals surface area contributed by atoms with Gasteiger partial charge in [-0.1, -0.05) is 45.0 Å². The molecule has 0 amide bonds. The lowest BCUT2D eigenvalue weighted by Crippen LogP contribution is -2.30. The number of phenols is 1. The number of ether oxygens (including phenoxy) is 5. The number of phenolic OH excluding ortho intramolecular Hbond substituents is 1. The standard InChI is InChI=1S/C29H37FO6/c1-4-20(32-15-21(5-2)34-17-23-18-35-23)14-33-22(6-3)16-36-29-25-10-8-7-9-24(25)28(31)27-13-19(30)11-12-26(27)29/h7-13,20-23,31H,4-6,14-18H2,1-3H3. The Bertz CT molecular complexity index is 1130. The van der Waals surface area contributed by atoms with Gasteiger partial charge in [0.25, 0.3) is 0 Å². The summed E-state index contributed by atoms with van der Waals surface area (Å²) in [6, 6.07) is 11.8. The molecule has 0 aromatic heterocycles. The fourth-order valence-electron chi connectivity index (χ4n) is 4.17. The summed E-state index contributed by atoms with van der Waals surface area (Å²) in [5.41, 5.74) is 0. The van der Waals surface area contributed by atoms with E-state index in [1.54, 1.807) is 6.07 Å². The molecular formula is C29H37FO6. The molecule has 4 atom stereocenters. The van der Waals surface area contributed by atoms with E-state index in [9.17, 15) is 9.50 Å². The zero-order chi connectivity index (χ0) is 25.5. The van der Waals surface area contributed by atoms with Crippen LogP contribution < -0.4 is 4.74 Å². The molecule has 3 aromatic rings. The average Bonchev–Trinajstić information content (AvgIpc) is 3.73. The largest absolute Gasteiger partial charge is 0.507 e. The topological polar surface area (TPSA) is 69.7 Å². The minimum atomic E-state index is -0.406. The highest BCUT2D eigenvalue weighted by atomic mass is 19.1. The third kappa shape index (κ3) is 6.65. The van der Waals surface area contributed by atoms with Gasteiger partial charge in [-0.25, -0.2) is 4.39 Å². The Morgan fingerprint density at radius 1 is 0.833 bits per heavy atom. The van der Waals surface area contributed by atoms with Crippen molar-refractivity contribution in [3.8, 4) is 11.5 Å². The van der Waals surface area contributed by atoms with E-state index in [4.69, 9.17) is 23.7 Å². The Labute approximate surface area is 212 Å². The molecule has 7 heteroatoms. The Morgan fingerprint density at radius 2 is 1.42 bits per heavy atom.